The van der Waals surface area contributed by atoms with Gasteiger partial charge in [0, 0.05) is 37.3 Å². The zero-order valence-corrected chi connectivity index (χ0v) is 17.9. The molecule has 8 nitrogen and oxygen atoms in total. The van der Waals surface area contributed by atoms with E-state index in [2.05, 4.69) is 10.6 Å². The summed E-state index contributed by atoms with van der Waals surface area (Å²) < 4.78 is 11.1. The fourth-order valence-corrected chi connectivity index (χ4v) is 3.47. The first-order chi connectivity index (χ1) is 14.9. The van der Waals surface area contributed by atoms with Gasteiger partial charge in [0.1, 0.15) is 11.5 Å². The lowest BCUT2D eigenvalue weighted by molar-refractivity contribution is -0.122. The van der Waals surface area contributed by atoms with Gasteiger partial charge in [0.25, 0.3) is 0 Å². The lowest BCUT2D eigenvalue weighted by Crippen LogP contribution is -2.28. The Morgan fingerprint density at radius 1 is 1.06 bits per heavy atom. The lowest BCUT2D eigenvalue weighted by Gasteiger charge is -2.18. The smallest absolute Gasteiger partial charge is 0.229 e. The minimum absolute atomic E-state index is 0.102. The highest BCUT2D eigenvalue weighted by Crippen LogP contribution is 2.32. The lowest BCUT2D eigenvalue weighted by atomic mass is 10.1. The van der Waals surface area contributed by atoms with E-state index in [4.69, 9.17) is 9.47 Å². The molecule has 31 heavy (non-hydrogen) atoms. The van der Waals surface area contributed by atoms with Crippen LogP contribution >= 0.6 is 0 Å². The van der Waals surface area contributed by atoms with Crippen molar-refractivity contribution in [2.24, 2.45) is 5.92 Å². The van der Waals surface area contributed by atoms with E-state index in [-0.39, 0.29) is 30.7 Å². The number of benzene rings is 2. The third-order valence-corrected chi connectivity index (χ3v) is 4.79. The maximum Gasteiger partial charge on any atom is 0.229 e. The molecule has 0 aromatic heterocycles. The second kappa shape index (κ2) is 9.97. The van der Waals surface area contributed by atoms with E-state index >= 15 is 0 Å². The van der Waals surface area contributed by atoms with Gasteiger partial charge in [-0.3, -0.25) is 14.4 Å². The van der Waals surface area contributed by atoms with Crippen molar-refractivity contribution in [2.45, 2.75) is 27.2 Å². The molecule has 3 amide bonds. The van der Waals surface area contributed by atoms with Gasteiger partial charge in [-0.05, 0) is 44.2 Å². The summed E-state index contributed by atoms with van der Waals surface area (Å²) in [7, 11) is 0. The fraction of sp³-hybridized carbons (Fsp3) is 0.348. The summed E-state index contributed by atoms with van der Waals surface area (Å²) in [4.78, 5) is 38.4. The average molecular weight is 425 g/mol. The quantitative estimate of drug-likeness (QED) is 0.675. The summed E-state index contributed by atoms with van der Waals surface area (Å²) in [5.41, 5.74) is 1.75. The third kappa shape index (κ3) is 5.53. The molecule has 0 spiro atoms. The SMILES string of the molecule is CCOc1ccc(OCC)c(NC(=O)[C@H]2CC(=O)N(c3cccc(NC(C)=O)c3)C2)c1. The summed E-state index contributed by atoms with van der Waals surface area (Å²) in [5, 5.41) is 5.59. The number of rotatable bonds is 8. The number of hydrogen-bond acceptors (Lipinski definition) is 5. The third-order valence-electron chi connectivity index (χ3n) is 4.79. The van der Waals surface area contributed by atoms with Gasteiger partial charge in [-0.15, -0.1) is 0 Å². The van der Waals surface area contributed by atoms with Crippen LogP contribution in [0.5, 0.6) is 11.5 Å². The highest BCUT2D eigenvalue weighted by Gasteiger charge is 2.35. The number of ether oxygens (including phenoxy) is 2. The predicted octanol–water partition coefficient (Wildman–Crippen LogP) is 3.43. The van der Waals surface area contributed by atoms with E-state index < -0.39 is 5.92 Å². The van der Waals surface area contributed by atoms with E-state index in [1.54, 1.807) is 47.4 Å². The van der Waals surface area contributed by atoms with E-state index in [1.807, 2.05) is 13.8 Å². The van der Waals surface area contributed by atoms with Crippen molar-refractivity contribution < 1.29 is 23.9 Å². The van der Waals surface area contributed by atoms with Crippen molar-refractivity contribution in [2.75, 3.05) is 35.3 Å². The zero-order chi connectivity index (χ0) is 22.4. The summed E-state index contributed by atoms with van der Waals surface area (Å²) >= 11 is 0. The molecule has 1 aliphatic heterocycles. The van der Waals surface area contributed by atoms with Crippen LogP contribution in [0.4, 0.5) is 17.1 Å². The highest BCUT2D eigenvalue weighted by molar-refractivity contribution is 6.04. The molecular weight excluding hydrogens is 398 g/mol. The number of nitrogens with zero attached hydrogens (tertiary/aromatic N) is 1. The molecule has 1 heterocycles. The molecule has 1 fully saturated rings. The van der Waals surface area contributed by atoms with Crippen LogP contribution in [0.15, 0.2) is 42.5 Å². The molecule has 3 rings (SSSR count). The van der Waals surface area contributed by atoms with E-state index in [0.717, 1.165) is 0 Å². The molecular formula is C23H27N3O5. The van der Waals surface area contributed by atoms with Gasteiger partial charge in [-0.2, -0.15) is 0 Å². The van der Waals surface area contributed by atoms with Gasteiger partial charge in [0.2, 0.25) is 17.7 Å². The Morgan fingerprint density at radius 2 is 1.84 bits per heavy atom. The van der Waals surface area contributed by atoms with Crippen molar-refractivity contribution in [1.82, 2.24) is 0 Å². The van der Waals surface area contributed by atoms with Crippen LogP contribution in [-0.2, 0) is 14.4 Å². The molecule has 8 heteroatoms. The standard InChI is InChI=1S/C23H27N3O5/c1-4-30-19-9-10-21(31-5-2)20(13-19)25-23(29)16-11-22(28)26(14-16)18-8-6-7-17(12-18)24-15(3)27/h6-10,12-13,16H,4-5,11,14H2,1-3H3,(H,24,27)(H,25,29)/t16-/m0/s1. The topological polar surface area (TPSA) is 97.0 Å². The summed E-state index contributed by atoms with van der Waals surface area (Å²) in [6.07, 6.45) is 0.102. The van der Waals surface area contributed by atoms with Crippen molar-refractivity contribution in [3.05, 3.63) is 42.5 Å². The summed E-state index contributed by atoms with van der Waals surface area (Å²) in [6, 6.07) is 12.3. The number of nitrogens with one attached hydrogen (secondary N) is 2. The second-order valence-electron chi connectivity index (χ2n) is 7.15. The van der Waals surface area contributed by atoms with Crippen LogP contribution in [0.25, 0.3) is 0 Å². The van der Waals surface area contributed by atoms with E-state index in [9.17, 15) is 14.4 Å². The molecule has 1 saturated heterocycles. The van der Waals surface area contributed by atoms with Crippen molar-refractivity contribution in [3.63, 3.8) is 0 Å². The molecule has 0 aliphatic carbocycles. The Hall–Kier alpha value is -3.55. The number of hydrogen-bond donors (Lipinski definition) is 2. The molecule has 164 valence electrons. The average Bonchev–Trinajstić information content (AvgIpc) is 3.12. The van der Waals surface area contributed by atoms with Gasteiger partial charge in [0.15, 0.2) is 0 Å². The van der Waals surface area contributed by atoms with Gasteiger partial charge in [-0.25, -0.2) is 0 Å². The normalized spacial score (nSPS) is 15.5. The van der Waals surface area contributed by atoms with Crippen LogP contribution in [0.3, 0.4) is 0 Å². The largest absolute Gasteiger partial charge is 0.494 e. The summed E-state index contributed by atoms with van der Waals surface area (Å²) in [6.45, 7) is 6.38. The van der Waals surface area contributed by atoms with Crippen molar-refractivity contribution in [3.8, 4) is 11.5 Å². The Bertz CT molecular complexity index is 975. The monoisotopic (exact) mass is 425 g/mol. The number of carbonyl (C=O) groups is 3. The van der Waals surface area contributed by atoms with Crippen LogP contribution < -0.4 is 25.0 Å². The number of anilines is 3. The Balaban J connectivity index is 1.74. The second-order valence-corrected chi connectivity index (χ2v) is 7.15. The highest BCUT2D eigenvalue weighted by atomic mass is 16.5. The molecule has 2 N–H and O–H groups in total. The van der Waals surface area contributed by atoms with Crippen LogP contribution in [0.1, 0.15) is 27.2 Å². The Kier molecular flexibility index (Phi) is 7.12. The minimum Gasteiger partial charge on any atom is -0.494 e. The first kappa shape index (κ1) is 22.1. The molecule has 0 saturated carbocycles. The number of amides is 3. The zero-order valence-electron chi connectivity index (χ0n) is 17.9. The summed E-state index contributed by atoms with van der Waals surface area (Å²) in [5.74, 6) is 0.0593. The van der Waals surface area contributed by atoms with Crippen LogP contribution in [-0.4, -0.2) is 37.5 Å². The van der Waals surface area contributed by atoms with Crippen molar-refractivity contribution in [1.29, 1.82) is 0 Å². The van der Waals surface area contributed by atoms with Gasteiger partial charge >= 0.3 is 0 Å². The van der Waals surface area contributed by atoms with Gasteiger partial charge in [0.05, 0.1) is 24.8 Å². The maximum absolute atomic E-state index is 12.9. The molecule has 0 bridgehead atoms. The van der Waals surface area contributed by atoms with Crippen molar-refractivity contribution >= 4 is 34.8 Å². The molecule has 1 atom stereocenters. The molecule has 2 aromatic carbocycles. The van der Waals surface area contributed by atoms with Gasteiger partial charge in [-0.1, -0.05) is 6.07 Å². The molecule has 1 aliphatic rings. The maximum atomic E-state index is 12.9. The number of carbonyl (C=O) groups excluding carboxylic acids is 3. The molecule has 0 unspecified atom stereocenters. The van der Waals surface area contributed by atoms with E-state index in [0.29, 0.717) is 41.8 Å². The Labute approximate surface area is 181 Å². The van der Waals surface area contributed by atoms with E-state index in [1.165, 1.54) is 6.92 Å². The molecule has 2 aromatic rings. The predicted molar refractivity (Wildman–Crippen MR) is 119 cm³/mol. The Morgan fingerprint density at radius 3 is 2.55 bits per heavy atom. The van der Waals surface area contributed by atoms with Crippen LogP contribution in [0.2, 0.25) is 0 Å². The fourth-order valence-electron chi connectivity index (χ4n) is 3.47. The minimum atomic E-state index is -0.512. The van der Waals surface area contributed by atoms with Gasteiger partial charge < -0.3 is 25.0 Å². The molecule has 0 radical (unpaired) electrons. The first-order valence-corrected chi connectivity index (χ1v) is 10.3. The van der Waals surface area contributed by atoms with Crippen LogP contribution in [0, 0.1) is 5.92 Å². The first-order valence-electron chi connectivity index (χ1n) is 10.3.